The SMILES string of the molecule is FC(F)c1nc2ccccc2n1-c1cc(N2CCOCC2)nc(NC[C@H]2CCNC2)n1. The largest absolute Gasteiger partial charge is 0.378 e. The predicted octanol–water partition coefficient (Wildman–Crippen LogP) is 2.61. The van der Waals surface area contributed by atoms with Gasteiger partial charge in [-0.15, -0.1) is 0 Å². The van der Waals surface area contributed by atoms with Gasteiger partial charge in [0.2, 0.25) is 5.95 Å². The number of morpholine rings is 1. The van der Waals surface area contributed by atoms with Gasteiger partial charge in [0.1, 0.15) is 11.6 Å². The molecule has 31 heavy (non-hydrogen) atoms. The van der Waals surface area contributed by atoms with Crippen molar-refractivity contribution in [2.24, 2.45) is 5.92 Å². The van der Waals surface area contributed by atoms with Crippen LogP contribution in [0.3, 0.4) is 0 Å². The van der Waals surface area contributed by atoms with E-state index >= 15 is 0 Å². The zero-order chi connectivity index (χ0) is 21.2. The van der Waals surface area contributed by atoms with E-state index < -0.39 is 6.43 Å². The lowest BCUT2D eigenvalue weighted by Gasteiger charge is -2.28. The molecule has 0 unspecified atom stereocenters. The minimum absolute atomic E-state index is 0.321. The normalized spacial score (nSPS) is 19.5. The molecule has 3 aromatic rings. The molecule has 0 bridgehead atoms. The van der Waals surface area contributed by atoms with Crippen molar-refractivity contribution < 1.29 is 13.5 Å². The first kappa shape index (κ1) is 20.1. The van der Waals surface area contributed by atoms with Gasteiger partial charge in [0, 0.05) is 25.7 Å². The Kier molecular flexibility index (Phi) is 5.65. The minimum atomic E-state index is -2.73. The van der Waals surface area contributed by atoms with E-state index in [9.17, 15) is 8.78 Å². The molecule has 0 amide bonds. The number of alkyl halides is 2. The molecule has 2 saturated heterocycles. The number of fused-ring (bicyclic) bond motifs is 1. The number of anilines is 2. The summed E-state index contributed by atoms with van der Waals surface area (Å²) >= 11 is 0. The number of ether oxygens (including phenoxy) is 1. The van der Waals surface area contributed by atoms with Crippen LogP contribution in [-0.4, -0.2) is 65.5 Å². The average molecular weight is 429 g/mol. The molecular weight excluding hydrogens is 404 g/mol. The molecule has 2 aromatic heterocycles. The Hall–Kier alpha value is -2.85. The monoisotopic (exact) mass is 429 g/mol. The maximum absolute atomic E-state index is 13.9. The van der Waals surface area contributed by atoms with Crippen molar-refractivity contribution in [2.45, 2.75) is 12.8 Å². The molecule has 2 aliphatic rings. The maximum Gasteiger partial charge on any atom is 0.296 e. The molecule has 2 N–H and O–H groups in total. The van der Waals surface area contributed by atoms with E-state index in [1.807, 2.05) is 6.07 Å². The first-order valence-electron chi connectivity index (χ1n) is 10.6. The Labute approximate surface area is 178 Å². The van der Waals surface area contributed by atoms with Gasteiger partial charge in [0.25, 0.3) is 6.43 Å². The number of rotatable bonds is 6. The zero-order valence-corrected chi connectivity index (χ0v) is 17.1. The average Bonchev–Trinajstić information content (AvgIpc) is 3.46. The number of hydrogen-bond donors (Lipinski definition) is 2. The third-order valence-electron chi connectivity index (χ3n) is 5.76. The molecule has 0 saturated carbocycles. The molecule has 0 spiro atoms. The van der Waals surface area contributed by atoms with Gasteiger partial charge in [-0.25, -0.2) is 13.8 Å². The summed E-state index contributed by atoms with van der Waals surface area (Å²) in [4.78, 5) is 15.6. The lowest BCUT2D eigenvalue weighted by molar-refractivity contribution is 0.122. The molecule has 5 rings (SSSR count). The van der Waals surface area contributed by atoms with Crippen LogP contribution >= 0.6 is 0 Å². The molecule has 0 radical (unpaired) electrons. The van der Waals surface area contributed by atoms with Crippen molar-refractivity contribution in [3.63, 3.8) is 0 Å². The van der Waals surface area contributed by atoms with E-state index in [2.05, 4.69) is 30.5 Å². The van der Waals surface area contributed by atoms with E-state index in [0.29, 0.717) is 60.8 Å². The predicted molar refractivity (Wildman–Crippen MR) is 114 cm³/mol. The van der Waals surface area contributed by atoms with Gasteiger partial charge in [0.15, 0.2) is 5.82 Å². The second kappa shape index (κ2) is 8.72. The molecule has 2 fully saturated rings. The van der Waals surface area contributed by atoms with E-state index in [1.165, 1.54) is 4.57 Å². The first-order valence-corrected chi connectivity index (χ1v) is 10.6. The fourth-order valence-corrected chi connectivity index (χ4v) is 4.13. The highest BCUT2D eigenvalue weighted by Crippen LogP contribution is 2.29. The number of halogens is 2. The van der Waals surface area contributed by atoms with Crippen LogP contribution in [0, 0.1) is 5.92 Å². The molecule has 8 nitrogen and oxygen atoms in total. The second-order valence-corrected chi connectivity index (χ2v) is 7.84. The van der Waals surface area contributed by atoms with Crippen LogP contribution in [0.25, 0.3) is 16.9 Å². The van der Waals surface area contributed by atoms with Gasteiger partial charge < -0.3 is 20.3 Å². The van der Waals surface area contributed by atoms with Crippen molar-refractivity contribution in [1.29, 1.82) is 0 Å². The van der Waals surface area contributed by atoms with Gasteiger partial charge in [-0.3, -0.25) is 4.57 Å². The quantitative estimate of drug-likeness (QED) is 0.624. The number of aromatic nitrogens is 4. The second-order valence-electron chi connectivity index (χ2n) is 7.84. The van der Waals surface area contributed by atoms with E-state index in [-0.39, 0.29) is 5.82 Å². The van der Waals surface area contributed by atoms with Crippen LogP contribution in [0.2, 0.25) is 0 Å². The molecule has 1 atom stereocenters. The van der Waals surface area contributed by atoms with Crippen molar-refractivity contribution in [3.05, 3.63) is 36.2 Å². The van der Waals surface area contributed by atoms with Crippen LogP contribution in [0.4, 0.5) is 20.5 Å². The summed E-state index contributed by atoms with van der Waals surface area (Å²) < 4.78 is 34.7. The maximum atomic E-state index is 13.9. The van der Waals surface area contributed by atoms with E-state index in [4.69, 9.17) is 4.74 Å². The summed E-state index contributed by atoms with van der Waals surface area (Å²) in [5.41, 5.74) is 1.10. The van der Waals surface area contributed by atoms with Crippen molar-refractivity contribution >= 4 is 22.8 Å². The van der Waals surface area contributed by atoms with Gasteiger partial charge in [-0.2, -0.15) is 9.97 Å². The number of benzene rings is 1. The topological polar surface area (TPSA) is 80.1 Å². The lowest BCUT2D eigenvalue weighted by Crippen LogP contribution is -2.37. The van der Waals surface area contributed by atoms with Gasteiger partial charge in [0.05, 0.1) is 24.2 Å². The molecule has 4 heterocycles. The number of nitrogens with one attached hydrogen (secondary N) is 2. The molecule has 1 aromatic carbocycles. The molecular formula is C21H25F2N7O. The Morgan fingerprint density at radius 2 is 1.94 bits per heavy atom. The van der Waals surface area contributed by atoms with Crippen LogP contribution < -0.4 is 15.5 Å². The van der Waals surface area contributed by atoms with Crippen molar-refractivity contribution in [3.8, 4) is 5.82 Å². The summed E-state index contributed by atoms with van der Waals surface area (Å²) in [6, 6.07) is 8.87. The number of nitrogens with zero attached hydrogens (tertiary/aromatic N) is 5. The van der Waals surface area contributed by atoms with Crippen LogP contribution in [0.5, 0.6) is 0 Å². The highest BCUT2D eigenvalue weighted by Gasteiger charge is 2.23. The Bertz CT molecular complexity index is 1050. The molecule has 2 aliphatic heterocycles. The smallest absolute Gasteiger partial charge is 0.296 e. The summed E-state index contributed by atoms with van der Waals surface area (Å²) in [7, 11) is 0. The zero-order valence-electron chi connectivity index (χ0n) is 17.1. The fourth-order valence-electron chi connectivity index (χ4n) is 4.13. The Balaban J connectivity index is 1.57. The van der Waals surface area contributed by atoms with Crippen LogP contribution in [0.15, 0.2) is 30.3 Å². The number of para-hydroxylation sites is 2. The third-order valence-corrected chi connectivity index (χ3v) is 5.76. The first-order chi connectivity index (χ1) is 15.2. The molecule has 164 valence electrons. The lowest BCUT2D eigenvalue weighted by atomic mass is 10.1. The fraction of sp³-hybridized carbons (Fsp3) is 0.476. The van der Waals surface area contributed by atoms with Gasteiger partial charge in [-0.05, 0) is 37.6 Å². The standard InChI is InChI=1S/C21H25F2N7O/c22-19(23)20-26-15-3-1-2-4-16(15)30(20)18-11-17(29-7-9-31-10-8-29)27-21(28-18)25-13-14-5-6-24-12-14/h1-4,11,14,19,24H,5-10,12-13H2,(H,25,27,28)/t14-/m0/s1. The number of imidazole rings is 1. The number of hydrogen-bond acceptors (Lipinski definition) is 7. The Morgan fingerprint density at radius 3 is 2.71 bits per heavy atom. The summed E-state index contributed by atoms with van der Waals surface area (Å²) in [5.74, 6) is 1.68. The molecule has 10 heteroatoms. The highest BCUT2D eigenvalue weighted by atomic mass is 19.3. The van der Waals surface area contributed by atoms with E-state index in [1.54, 1.807) is 24.3 Å². The van der Waals surface area contributed by atoms with Gasteiger partial charge in [-0.1, -0.05) is 12.1 Å². The van der Waals surface area contributed by atoms with Crippen molar-refractivity contribution in [1.82, 2.24) is 24.8 Å². The molecule has 0 aliphatic carbocycles. The summed E-state index contributed by atoms with van der Waals surface area (Å²) in [5, 5.41) is 6.67. The van der Waals surface area contributed by atoms with E-state index in [0.717, 1.165) is 26.1 Å². The highest BCUT2D eigenvalue weighted by molar-refractivity contribution is 5.78. The summed E-state index contributed by atoms with van der Waals surface area (Å²) in [6.45, 7) is 5.27. The summed E-state index contributed by atoms with van der Waals surface area (Å²) in [6.07, 6.45) is -1.64. The van der Waals surface area contributed by atoms with Gasteiger partial charge >= 0.3 is 0 Å². The third kappa shape index (κ3) is 4.17. The minimum Gasteiger partial charge on any atom is -0.378 e. The Morgan fingerprint density at radius 1 is 1.13 bits per heavy atom. The van der Waals surface area contributed by atoms with Crippen molar-refractivity contribution in [2.75, 3.05) is 56.2 Å². The van der Waals surface area contributed by atoms with Crippen LogP contribution in [0.1, 0.15) is 18.7 Å². The van der Waals surface area contributed by atoms with Crippen LogP contribution in [-0.2, 0) is 4.74 Å².